The maximum atomic E-state index is 12.5. The molecule has 0 radical (unpaired) electrons. The molecule has 1 aliphatic heterocycles. The quantitative estimate of drug-likeness (QED) is 0.711. The van der Waals surface area contributed by atoms with Crippen LogP contribution in [-0.4, -0.2) is 48.5 Å². The smallest absolute Gasteiger partial charge is 0.293 e. The maximum Gasteiger partial charge on any atom is 0.293 e. The molecule has 0 aromatic heterocycles. The Morgan fingerprint density at radius 3 is 2.43 bits per heavy atom. The molecule has 7 nitrogen and oxygen atoms in total. The van der Waals surface area contributed by atoms with Crippen molar-refractivity contribution in [1.29, 1.82) is 0 Å². The summed E-state index contributed by atoms with van der Waals surface area (Å²) in [5.41, 5.74) is 0.592. The number of amides is 2. The number of benzene rings is 2. The molecule has 146 valence electrons. The highest BCUT2D eigenvalue weighted by Gasteiger charge is 2.34. The minimum Gasteiger partial charge on any atom is -0.504 e. The van der Waals surface area contributed by atoms with Crippen LogP contribution in [0.3, 0.4) is 0 Å². The number of hydrogen-bond acceptors (Lipinski definition) is 7. The third-order valence-corrected chi connectivity index (χ3v) is 4.92. The number of nitrogens with zero attached hydrogens (tertiary/aromatic N) is 1. The van der Waals surface area contributed by atoms with Crippen LogP contribution < -0.4 is 14.2 Å². The van der Waals surface area contributed by atoms with E-state index in [0.29, 0.717) is 22.8 Å². The number of carbonyl (C=O) groups excluding carboxylic acids is 2. The van der Waals surface area contributed by atoms with Gasteiger partial charge in [-0.05, 0) is 47.7 Å². The highest BCUT2D eigenvalue weighted by molar-refractivity contribution is 8.18. The van der Waals surface area contributed by atoms with Crippen LogP contribution >= 0.6 is 11.8 Å². The van der Waals surface area contributed by atoms with Crippen molar-refractivity contribution in [3.8, 4) is 23.0 Å². The van der Waals surface area contributed by atoms with Crippen LogP contribution in [0.15, 0.2) is 47.4 Å². The van der Waals surface area contributed by atoms with Gasteiger partial charge in [0.05, 0.1) is 25.7 Å². The van der Waals surface area contributed by atoms with E-state index >= 15 is 0 Å². The Hall–Kier alpha value is -3.13. The molecule has 0 spiro atoms. The first-order valence-electron chi connectivity index (χ1n) is 8.41. The van der Waals surface area contributed by atoms with Crippen LogP contribution in [0.2, 0.25) is 0 Å². The van der Waals surface area contributed by atoms with Crippen molar-refractivity contribution < 1.29 is 28.9 Å². The van der Waals surface area contributed by atoms with Crippen molar-refractivity contribution in [1.82, 2.24) is 4.90 Å². The molecule has 1 fully saturated rings. The molecule has 1 N–H and O–H groups in total. The lowest BCUT2D eigenvalue weighted by molar-refractivity contribution is -0.123. The fourth-order valence-electron chi connectivity index (χ4n) is 2.63. The minimum atomic E-state index is -0.395. The van der Waals surface area contributed by atoms with Crippen LogP contribution in [0.4, 0.5) is 4.79 Å². The van der Waals surface area contributed by atoms with Crippen LogP contribution in [0.25, 0.3) is 6.08 Å². The molecule has 2 amide bonds. The molecule has 0 saturated carbocycles. The SMILES string of the molecule is COc1ccc(/C=C2\SC(=O)N(CCOc3ccccc3OC)C2=O)cc1O. The van der Waals surface area contributed by atoms with Gasteiger partial charge in [0, 0.05) is 0 Å². The van der Waals surface area contributed by atoms with Gasteiger partial charge in [-0.3, -0.25) is 14.5 Å². The highest BCUT2D eigenvalue weighted by atomic mass is 32.2. The van der Waals surface area contributed by atoms with Gasteiger partial charge in [-0.2, -0.15) is 0 Å². The first-order valence-corrected chi connectivity index (χ1v) is 9.23. The van der Waals surface area contributed by atoms with Gasteiger partial charge in [0.25, 0.3) is 11.1 Å². The molecule has 0 unspecified atom stereocenters. The first kappa shape index (κ1) is 19.6. The van der Waals surface area contributed by atoms with E-state index in [0.717, 1.165) is 16.7 Å². The second-order valence-corrected chi connectivity index (χ2v) is 6.76. The van der Waals surface area contributed by atoms with E-state index in [1.165, 1.54) is 13.2 Å². The Morgan fingerprint density at radius 2 is 1.75 bits per heavy atom. The number of imide groups is 1. The Morgan fingerprint density at radius 1 is 1.04 bits per heavy atom. The van der Waals surface area contributed by atoms with Gasteiger partial charge in [-0.1, -0.05) is 18.2 Å². The monoisotopic (exact) mass is 401 g/mol. The zero-order valence-electron chi connectivity index (χ0n) is 15.4. The van der Waals surface area contributed by atoms with Crippen LogP contribution in [0, 0.1) is 0 Å². The summed E-state index contributed by atoms with van der Waals surface area (Å²) in [4.78, 5) is 26.2. The second-order valence-electron chi connectivity index (χ2n) is 5.76. The molecule has 1 heterocycles. The second kappa shape index (κ2) is 8.71. The summed E-state index contributed by atoms with van der Waals surface area (Å²) in [7, 11) is 2.99. The van der Waals surface area contributed by atoms with Crippen molar-refractivity contribution in [2.75, 3.05) is 27.4 Å². The molecule has 0 bridgehead atoms. The fourth-order valence-corrected chi connectivity index (χ4v) is 3.49. The summed E-state index contributed by atoms with van der Waals surface area (Å²) in [5.74, 6) is 1.02. The van der Waals surface area contributed by atoms with Gasteiger partial charge in [0.15, 0.2) is 23.0 Å². The lowest BCUT2D eigenvalue weighted by Gasteiger charge is -2.14. The Bertz CT molecular complexity index is 927. The van der Waals surface area contributed by atoms with E-state index in [1.807, 2.05) is 12.1 Å². The summed E-state index contributed by atoms with van der Waals surface area (Å²) in [6.45, 7) is 0.267. The van der Waals surface area contributed by atoms with Gasteiger partial charge < -0.3 is 19.3 Å². The zero-order valence-corrected chi connectivity index (χ0v) is 16.2. The molecule has 28 heavy (non-hydrogen) atoms. The van der Waals surface area contributed by atoms with Crippen LogP contribution in [0.1, 0.15) is 5.56 Å². The number of methoxy groups -OCH3 is 2. The lowest BCUT2D eigenvalue weighted by atomic mass is 10.2. The first-order chi connectivity index (χ1) is 13.5. The van der Waals surface area contributed by atoms with Crippen molar-refractivity contribution in [2.24, 2.45) is 0 Å². The molecule has 0 atom stereocenters. The normalized spacial score (nSPS) is 15.2. The standard InChI is InChI=1S/C20H19NO6S/c1-25-15-8-7-13(11-14(15)22)12-18-19(23)21(20(24)28-18)9-10-27-17-6-4-3-5-16(17)26-2/h3-8,11-12,22H,9-10H2,1-2H3/b18-12-. The number of rotatable bonds is 7. The van der Waals surface area contributed by atoms with Crippen LogP contribution in [0.5, 0.6) is 23.0 Å². The molecule has 0 aliphatic carbocycles. The molecule has 8 heteroatoms. The summed E-state index contributed by atoms with van der Waals surface area (Å²) >= 11 is 0.852. The largest absolute Gasteiger partial charge is 0.504 e. The van der Waals surface area contributed by atoms with Crippen molar-refractivity contribution >= 4 is 29.0 Å². The topological polar surface area (TPSA) is 85.3 Å². The Kier molecular flexibility index (Phi) is 6.10. The molecule has 3 rings (SSSR count). The Labute approximate surface area is 166 Å². The van der Waals surface area contributed by atoms with Gasteiger partial charge in [-0.25, -0.2) is 0 Å². The van der Waals surface area contributed by atoms with E-state index < -0.39 is 5.91 Å². The average Bonchev–Trinajstić information content (AvgIpc) is 2.96. The predicted molar refractivity (Wildman–Crippen MR) is 106 cm³/mol. The highest BCUT2D eigenvalue weighted by Crippen LogP contribution is 2.34. The average molecular weight is 401 g/mol. The molecular formula is C20H19NO6S. The predicted octanol–water partition coefficient (Wildman–Crippen LogP) is 3.52. The number of phenolic OH excluding ortho intramolecular Hbond substituents is 1. The number of carbonyl (C=O) groups is 2. The van der Waals surface area contributed by atoms with Gasteiger partial charge in [-0.15, -0.1) is 0 Å². The minimum absolute atomic E-state index is 0.0410. The third kappa shape index (κ3) is 4.23. The van der Waals surface area contributed by atoms with E-state index in [4.69, 9.17) is 14.2 Å². The van der Waals surface area contributed by atoms with E-state index in [9.17, 15) is 14.7 Å². The number of aromatic hydroxyl groups is 1. The lowest BCUT2D eigenvalue weighted by Crippen LogP contribution is -2.32. The number of phenols is 1. The summed E-state index contributed by atoms with van der Waals surface area (Å²) in [6, 6.07) is 11.9. The number of hydrogen-bond donors (Lipinski definition) is 1. The van der Waals surface area contributed by atoms with Crippen molar-refractivity contribution in [2.45, 2.75) is 0 Å². The molecule has 1 aliphatic rings. The molecule has 2 aromatic carbocycles. The molecule has 1 saturated heterocycles. The number of ether oxygens (including phenoxy) is 3. The zero-order chi connectivity index (χ0) is 20.1. The fraction of sp³-hybridized carbons (Fsp3) is 0.200. The summed E-state index contributed by atoms with van der Waals surface area (Å²) < 4.78 is 15.8. The third-order valence-electron chi connectivity index (χ3n) is 4.02. The van der Waals surface area contributed by atoms with Crippen LogP contribution in [-0.2, 0) is 4.79 Å². The van der Waals surface area contributed by atoms with E-state index in [-0.39, 0.29) is 29.0 Å². The number of thioether (sulfide) groups is 1. The van der Waals surface area contributed by atoms with Gasteiger partial charge in [0.1, 0.15) is 6.61 Å². The van der Waals surface area contributed by atoms with E-state index in [1.54, 1.807) is 37.5 Å². The maximum absolute atomic E-state index is 12.5. The number of para-hydroxylation sites is 2. The molecule has 2 aromatic rings. The van der Waals surface area contributed by atoms with Crippen molar-refractivity contribution in [3.63, 3.8) is 0 Å². The van der Waals surface area contributed by atoms with Crippen molar-refractivity contribution in [3.05, 3.63) is 52.9 Å². The Balaban J connectivity index is 1.65. The van der Waals surface area contributed by atoms with Gasteiger partial charge >= 0.3 is 0 Å². The summed E-state index contributed by atoms with van der Waals surface area (Å²) in [5, 5.41) is 9.49. The molecular weight excluding hydrogens is 382 g/mol. The summed E-state index contributed by atoms with van der Waals surface area (Å²) in [6.07, 6.45) is 1.56. The van der Waals surface area contributed by atoms with E-state index in [2.05, 4.69) is 0 Å². The van der Waals surface area contributed by atoms with Gasteiger partial charge in [0.2, 0.25) is 0 Å².